The van der Waals surface area contributed by atoms with Crippen molar-refractivity contribution in [3.05, 3.63) is 65.6 Å². The molecule has 0 bridgehead atoms. The first-order valence-corrected chi connectivity index (χ1v) is 10.5. The van der Waals surface area contributed by atoms with Gasteiger partial charge in [0, 0.05) is 41.9 Å². The van der Waals surface area contributed by atoms with Crippen LogP contribution in [0.25, 0.3) is 10.9 Å². The number of benzene rings is 2. The van der Waals surface area contributed by atoms with Crippen LogP contribution in [-0.4, -0.2) is 35.1 Å². The van der Waals surface area contributed by atoms with Gasteiger partial charge in [0.05, 0.1) is 6.04 Å². The van der Waals surface area contributed by atoms with Crippen molar-refractivity contribution in [1.29, 1.82) is 0 Å². The molecule has 0 radical (unpaired) electrons. The van der Waals surface area contributed by atoms with Gasteiger partial charge in [-0.25, -0.2) is 4.39 Å². The Labute approximate surface area is 165 Å². The van der Waals surface area contributed by atoms with Crippen LogP contribution < -0.4 is 5.32 Å². The van der Waals surface area contributed by atoms with Crippen molar-refractivity contribution in [3.8, 4) is 0 Å². The summed E-state index contributed by atoms with van der Waals surface area (Å²) in [5.41, 5.74) is 4.93. The highest BCUT2D eigenvalue weighted by atomic mass is 19.1. The van der Waals surface area contributed by atoms with E-state index in [0.717, 1.165) is 24.0 Å². The Balaban J connectivity index is 1.16. The molecule has 0 amide bonds. The number of nitrogens with one attached hydrogen (secondary N) is 2. The number of rotatable bonds is 4. The van der Waals surface area contributed by atoms with Crippen molar-refractivity contribution in [1.82, 2.24) is 9.88 Å². The maximum absolute atomic E-state index is 13.7. The van der Waals surface area contributed by atoms with Gasteiger partial charge in [0.15, 0.2) is 0 Å². The lowest BCUT2D eigenvalue weighted by Crippen LogP contribution is -2.59. The summed E-state index contributed by atoms with van der Waals surface area (Å²) in [6.45, 7) is 4.44. The van der Waals surface area contributed by atoms with Crippen LogP contribution in [0.4, 0.5) is 10.1 Å². The lowest BCUT2D eigenvalue weighted by molar-refractivity contribution is 0.0750. The number of hydrogen-bond acceptors (Lipinski definition) is 2. The Bertz CT molecular complexity index is 965. The van der Waals surface area contributed by atoms with Crippen molar-refractivity contribution < 1.29 is 4.39 Å². The van der Waals surface area contributed by atoms with Gasteiger partial charge in [0.25, 0.3) is 0 Å². The fourth-order valence-electron chi connectivity index (χ4n) is 5.06. The van der Waals surface area contributed by atoms with E-state index in [1.807, 2.05) is 6.07 Å². The summed E-state index contributed by atoms with van der Waals surface area (Å²) >= 11 is 0. The number of nitrogens with zero attached hydrogens (tertiary/aromatic N) is 1. The molecule has 146 valence electrons. The first-order valence-electron chi connectivity index (χ1n) is 10.5. The van der Waals surface area contributed by atoms with Crippen LogP contribution in [-0.2, 0) is 0 Å². The third kappa shape index (κ3) is 3.30. The third-order valence-corrected chi connectivity index (χ3v) is 6.74. The second kappa shape index (κ2) is 7.25. The van der Waals surface area contributed by atoms with Crippen molar-refractivity contribution in [2.75, 3.05) is 18.4 Å². The standard InChI is InChI=1S/C24H28FN3/c1-16-4-2-3-5-23(16)27-19-14-28(15-19)20-9-6-17(7-10-20)22-13-26-24-11-8-18(25)12-21(22)24/h2-5,8,11-13,17,19-20,26-27H,6-7,9-10,14-15H2,1H3. The van der Waals surface area contributed by atoms with Gasteiger partial charge >= 0.3 is 0 Å². The zero-order valence-electron chi connectivity index (χ0n) is 16.4. The van der Waals surface area contributed by atoms with E-state index in [4.69, 9.17) is 0 Å². The maximum atomic E-state index is 13.7. The first kappa shape index (κ1) is 17.7. The number of fused-ring (bicyclic) bond motifs is 1. The molecule has 2 heterocycles. The Kier molecular flexibility index (Phi) is 4.59. The van der Waals surface area contributed by atoms with Gasteiger partial charge in [-0.2, -0.15) is 0 Å². The number of halogens is 1. The number of H-pyrrole nitrogens is 1. The predicted octanol–water partition coefficient (Wildman–Crippen LogP) is 5.44. The van der Waals surface area contributed by atoms with E-state index in [1.54, 1.807) is 6.07 Å². The molecule has 1 saturated carbocycles. The smallest absolute Gasteiger partial charge is 0.123 e. The molecule has 3 aromatic rings. The predicted molar refractivity (Wildman–Crippen MR) is 113 cm³/mol. The molecule has 0 unspecified atom stereocenters. The number of aryl methyl sites for hydroxylation is 1. The first-order chi connectivity index (χ1) is 13.7. The Morgan fingerprint density at radius 1 is 1.04 bits per heavy atom. The lowest BCUT2D eigenvalue weighted by atomic mass is 9.80. The monoisotopic (exact) mass is 377 g/mol. The molecule has 1 aliphatic heterocycles. The summed E-state index contributed by atoms with van der Waals surface area (Å²) in [7, 11) is 0. The highest BCUT2D eigenvalue weighted by molar-refractivity contribution is 5.83. The number of anilines is 1. The number of likely N-dealkylation sites (tertiary alicyclic amines) is 1. The van der Waals surface area contributed by atoms with Crippen LogP contribution in [0.15, 0.2) is 48.7 Å². The third-order valence-electron chi connectivity index (χ3n) is 6.74. The minimum absolute atomic E-state index is 0.144. The molecule has 28 heavy (non-hydrogen) atoms. The van der Waals surface area contributed by atoms with Gasteiger partial charge in [-0.15, -0.1) is 0 Å². The molecule has 2 N–H and O–H groups in total. The zero-order valence-corrected chi connectivity index (χ0v) is 16.4. The van der Waals surface area contributed by atoms with Crippen LogP contribution >= 0.6 is 0 Å². The zero-order chi connectivity index (χ0) is 19.1. The molecule has 1 saturated heterocycles. The molecule has 1 aliphatic carbocycles. The van der Waals surface area contributed by atoms with E-state index >= 15 is 0 Å². The second-order valence-corrected chi connectivity index (χ2v) is 8.55. The van der Waals surface area contributed by atoms with Gasteiger partial charge in [-0.1, -0.05) is 18.2 Å². The molecule has 2 fully saturated rings. The normalized spacial score (nSPS) is 23.6. The topological polar surface area (TPSA) is 31.1 Å². The van der Waals surface area contributed by atoms with Crippen LogP contribution in [0.3, 0.4) is 0 Å². The molecular formula is C24H28FN3. The SMILES string of the molecule is Cc1ccccc1NC1CN(C2CCC(c3c[nH]c4ccc(F)cc34)CC2)C1. The Hall–Kier alpha value is -2.33. The summed E-state index contributed by atoms with van der Waals surface area (Å²) in [5.74, 6) is 0.406. The van der Waals surface area contributed by atoms with Crippen molar-refractivity contribution in [2.24, 2.45) is 0 Å². The van der Waals surface area contributed by atoms with E-state index in [-0.39, 0.29) is 5.82 Å². The maximum Gasteiger partial charge on any atom is 0.123 e. The summed E-state index contributed by atoms with van der Waals surface area (Å²) in [6, 6.07) is 14.9. The lowest BCUT2D eigenvalue weighted by Gasteiger charge is -2.47. The van der Waals surface area contributed by atoms with Gasteiger partial charge in [-0.05, 0) is 73.9 Å². The number of para-hydroxylation sites is 1. The van der Waals surface area contributed by atoms with E-state index in [9.17, 15) is 4.39 Å². The van der Waals surface area contributed by atoms with Crippen molar-refractivity contribution in [3.63, 3.8) is 0 Å². The molecule has 3 nitrogen and oxygen atoms in total. The highest BCUT2D eigenvalue weighted by Crippen LogP contribution is 2.39. The average molecular weight is 378 g/mol. The minimum atomic E-state index is -0.144. The fraction of sp³-hybridized carbons (Fsp3) is 0.417. The van der Waals surface area contributed by atoms with E-state index in [0.29, 0.717) is 18.0 Å². The van der Waals surface area contributed by atoms with E-state index < -0.39 is 0 Å². The quantitative estimate of drug-likeness (QED) is 0.634. The van der Waals surface area contributed by atoms with Crippen molar-refractivity contribution >= 4 is 16.6 Å². The van der Waals surface area contributed by atoms with Gasteiger partial charge in [-0.3, -0.25) is 4.90 Å². The van der Waals surface area contributed by atoms with Gasteiger partial charge < -0.3 is 10.3 Å². The van der Waals surface area contributed by atoms with Crippen LogP contribution in [0.5, 0.6) is 0 Å². The van der Waals surface area contributed by atoms with E-state index in [2.05, 4.69) is 52.6 Å². The molecule has 0 atom stereocenters. The van der Waals surface area contributed by atoms with Crippen molar-refractivity contribution in [2.45, 2.75) is 50.6 Å². The Morgan fingerprint density at radius 2 is 1.82 bits per heavy atom. The Morgan fingerprint density at radius 3 is 2.61 bits per heavy atom. The van der Waals surface area contributed by atoms with Crippen LogP contribution in [0.2, 0.25) is 0 Å². The number of aromatic amines is 1. The number of aromatic nitrogens is 1. The fourth-order valence-corrected chi connectivity index (χ4v) is 5.06. The highest BCUT2D eigenvalue weighted by Gasteiger charge is 2.35. The molecule has 1 aromatic heterocycles. The van der Waals surface area contributed by atoms with Gasteiger partial charge in [0.1, 0.15) is 5.82 Å². The molecule has 0 spiro atoms. The summed E-state index contributed by atoms with van der Waals surface area (Å²) in [6.07, 6.45) is 6.97. The van der Waals surface area contributed by atoms with Crippen LogP contribution in [0.1, 0.15) is 42.7 Å². The summed E-state index contributed by atoms with van der Waals surface area (Å²) in [4.78, 5) is 5.96. The van der Waals surface area contributed by atoms with E-state index in [1.165, 1.54) is 48.6 Å². The number of hydrogen-bond donors (Lipinski definition) is 2. The largest absolute Gasteiger partial charge is 0.380 e. The van der Waals surface area contributed by atoms with Crippen LogP contribution in [0, 0.1) is 12.7 Å². The average Bonchev–Trinajstić information content (AvgIpc) is 3.09. The molecule has 2 aliphatic rings. The molecule has 2 aromatic carbocycles. The second-order valence-electron chi connectivity index (χ2n) is 8.55. The minimum Gasteiger partial charge on any atom is -0.380 e. The molecular weight excluding hydrogens is 349 g/mol. The summed E-state index contributed by atoms with van der Waals surface area (Å²) < 4.78 is 13.7. The molecule has 5 rings (SSSR count). The summed E-state index contributed by atoms with van der Waals surface area (Å²) in [5, 5.41) is 4.76. The van der Waals surface area contributed by atoms with Gasteiger partial charge in [0.2, 0.25) is 0 Å². The molecule has 4 heteroatoms.